The fourth-order valence-electron chi connectivity index (χ4n) is 2.32. The lowest BCUT2D eigenvalue weighted by atomic mass is 10.2. The van der Waals surface area contributed by atoms with Gasteiger partial charge in [-0.3, -0.25) is 0 Å². The molecule has 6 heteroatoms. The van der Waals surface area contributed by atoms with Gasteiger partial charge < -0.3 is 9.84 Å². The Morgan fingerprint density at radius 2 is 2.09 bits per heavy atom. The highest BCUT2D eigenvalue weighted by atomic mass is 16.5. The third-order valence-electron chi connectivity index (χ3n) is 3.41. The van der Waals surface area contributed by atoms with Gasteiger partial charge in [0, 0.05) is 17.7 Å². The summed E-state index contributed by atoms with van der Waals surface area (Å²) < 4.78 is 6.91. The standard InChI is InChI=1S/C17H15N3O3/c1-23-13-6-4-12(5-7-13)11-20-17-14(3-2-10-18-17)15(19-20)8-9-16(21)22/h2-10H,11H2,1H3,(H,21,22). The van der Waals surface area contributed by atoms with Gasteiger partial charge in [-0.1, -0.05) is 12.1 Å². The highest BCUT2D eigenvalue weighted by Gasteiger charge is 2.10. The van der Waals surface area contributed by atoms with E-state index in [9.17, 15) is 4.79 Å². The average molecular weight is 309 g/mol. The first-order valence-corrected chi connectivity index (χ1v) is 7.03. The summed E-state index contributed by atoms with van der Waals surface area (Å²) in [5.41, 5.74) is 2.35. The van der Waals surface area contributed by atoms with Crippen LogP contribution in [0.15, 0.2) is 48.7 Å². The van der Waals surface area contributed by atoms with Crippen molar-refractivity contribution in [2.45, 2.75) is 6.54 Å². The number of hydrogen-bond donors (Lipinski definition) is 1. The van der Waals surface area contributed by atoms with Gasteiger partial charge in [0.2, 0.25) is 0 Å². The number of pyridine rings is 1. The summed E-state index contributed by atoms with van der Waals surface area (Å²) in [4.78, 5) is 15.1. The predicted octanol–water partition coefficient (Wildman–Crippen LogP) is 2.59. The molecular weight excluding hydrogens is 294 g/mol. The lowest BCUT2D eigenvalue weighted by molar-refractivity contribution is -0.131. The number of carboxylic acids is 1. The van der Waals surface area contributed by atoms with Gasteiger partial charge in [0.25, 0.3) is 0 Å². The number of aliphatic carboxylic acids is 1. The molecule has 0 saturated carbocycles. The Kier molecular flexibility index (Phi) is 4.05. The number of rotatable bonds is 5. The third kappa shape index (κ3) is 3.21. The summed E-state index contributed by atoms with van der Waals surface area (Å²) in [5, 5.41) is 14.1. The van der Waals surface area contributed by atoms with Crippen LogP contribution in [0.2, 0.25) is 0 Å². The normalized spacial score (nSPS) is 11.2. The van der Waals surface area contributed by atoms with Crippen molar-refractivity contribution in [1.82, 2.24) is 14.8 Å². The zero-order chi connectivity index (χ0) is 16.2. The van der Waals surface area contributed by atoms with Gasteiger partial charge >= 0.3 is 5.97 Å². The van der Waals surface area contributed by atoms with E-state index in [4.69, 9.17) is 9.84 Å². The smallest absolute Gasteiger partial charge is 0.328 e. The van der Waals surface area contributed by atoms with Crippen molar-refractivity contribution >= 4 is 23.1 Å². The van der Waals surface area contributed by atoms with Crippen LogP contribution in [0.25, 0.3) is 17.1 Å². The second-order valence-electron chi connectivity index (χ2n) is 4.94. The Hall–Kier alpha value is -3.15. The number of ether oxygens (including phenoxy) is 1. The van der Waals surface area contributed by atoms with Crippen molar-refractivity contribution in [2.75, 3.05) is 7.11 Å². The molecule has 0 atom stereocenters. The van der Waals surface area contributed by atoms with E-state index in [0.29, 0.717) is 17.9 Å². The molecular formula is C17H15N3O3. The Balaban J connectivity index is 1.98. The molecule has 23 heavy (non-hydrogen) atoms. The van der Waals surface area contributed by atoms with Crippen LogP contribution in [0.4, 0.5) is 0 Å². The minimum atomic E-state index is -1.01. The van der Waals surface area contributed by atoms with E-state index in [1.807, 2.05) is 30.3 Å². The molecule has 1 N–H and O–H groups in total. The molecule has 0 unspecified atom stereocenters. The van der Waals surface area contributed by atoms with Crippen LogP contribution in [0.1, 0.15) is 11.3 Å². The minimum Gasteiger partial charge on any atom is -0.497 e. The number of methoxy groups -OCH3 is 1. The SMILES string of the molecule is COc1ccc(Cn2nc(C=CC(=O)O)c3cccnc32)cc1. The second-order valence-corrected chi connectivity index (χ2v) is 4.94. The zero-order valence-electron chi connectivity index (χ0n) is 12.5. The van der Waals surface area contributed by atoms with Crippen LogP contribution >= 0.6 is 0 Å². The number of hydrogen-bond acceptors (Lipinski definition) is 4. The van der Waals surface area contributed by atoms with Crippen LogP contribution in [-0.2, 0) is 11.3 Å². The Morgan fingerprint density at radius 3 is 2.78 bits per heavy atom. The first-order chi connectivity index (χ1) is 11.2. The maximum atomic E-state index is 10.7. The highest BCUT2D eigenvalue weighted by Crippen LogP contribution is 2.19. The molecule has 0 radical (unpaired) electrons. The van der Waals surface area contributed by atoms with Crippen LogP contribution < -0.4 is 4.74 Å². The Labute approximate surface area is 132 Å². The van der Waals surface area contributed by atoms with Crippen molar-refractivity contribution < 1.29 is 14.6 Å². The third-order valence-corrected chi connectivity index (χ3v) is 3.41. The number of carboxylic acid groups (broad SMARTS) is 1. The lowest BCUT2D eigenvalue weighted by Crippen LogP contribution is -2.02. The molecule has 0 saturated heterocycles. The average Bonchev–Trinajstić information content (AvgIpc) is 2.92. The van der Waals surface area contributed by atoms with E-state index < -0.39 is 5.97 Å². The molecule has 1 aromatic carbocycles. The van der Waals surface area contributed by atoms with E-state index >= 15 is 0 Å². The molecule has 0 amide bonds. The molecule has 2 heterocycles. The van der Waals surface area contributed by atoms with Crippen molar-refractivity contribution in [2.24, 2.45) is 0 Å². The van der Waals surface area contributed by atoms with Crippen LogP contribution in [0.5, 0.6) is 5.75 Å². The fourth-order valence-corrected chi connectivity index (χ4v) is 2.32. The Morgan fingerprint density at radius 1 is 1.30 bits per heavy atom. The molecule has 0 spiro atoms. The quantitative estimate of drug-likeness (QED) is 0.733. The summed E-state index contributed by atoms with van der Waals surface area (Å²) in [5.74, 6) is -0.214. The van der Waals surface area contributed by atoms with E-state index in [0.717, 1.165) is 22.8 Å². The number of benzene rings is 1. The van der Waals surface area contributed by atoms with Crippen molar-refractivity contribution in [3.05, 3.63) is 59.9 Å². The lowest BCUT2D eigenvalue weighted by Gasteiger charge is -2.04. The maximum absolute atomic E-state index is 10.7. The van der Waals surface area contributed by atoms with Gasteiger partial charge in [0.05, 0.1) is 19.3 Å². The largest absolute Gasteiger partial charge is 0.497 e. The van der Waals surface area contributed by atoms with Gasteiger partial charge in [-0.15, -0.1) is 0 Å². The number of aromatic nitrogens is 3. The van der Waals surface area contributed by atoms with Crippen molar-refractivity contribution in [1.29, 1.82) is 0 Å². The van der Waals surface area contributed by atoms with Gasteiger partial charge in [-0.25, -0.2) is 14.5 Å². The first-order valence-electron chi connectivity index (χ1n) is 7.03. The van der Waals surface area contributed by atoms with Gasteiger partial charge in [-0.05, 0) is 35.9 Å². The summed E-state index contributed by atoms with van der Waals surface area (Å²) >= 11 is 0. The van der Waals surface area contributed by atoms with Crippen molar-refractivity contribution in [3.8, 4) is 5.75 Å². The molecule has 0 aliphatic heterocycles. The van der Waals surface area contributed by atoms with E-state index in [2.05, 4.69) is 10.1 Å². The molecule has 0 aliphatic rings. The van der Waals surface area contributed by atoms with Crippen molar-refractivity contribution in [3.63, 3.8) is 0 Å². The van der Waals surface area contributed by atoms with Gasteiger partial charge in [0.15, 0.2) is 5.65 Å². The van der Waals surface area contributed by atoms with E-state index in [-0.39, 0.29) is 0 Å². The highest BCUT2D eigenvalue weighted by molar-refractivity contribution is 5.90. The molecule has 0 bridgehead atoms. The number of nitrogens with zero attached hydrogens (tertiary/aromatic N) is 3. The monoisotopic (exact) mass is 309 g/mol. The molecule has 116 valence electrons. The number of fused-ring (bicyclic) bond motifs is 1. The van der Waals surface area contributed by atoms with Crippen LogP contribution in [0, 0.1) is 0 Å². The summed E-state index contributed by atoms with van der Waals surface area (Å²) in [6, 6.07) is 11.4. The van der Waals surface area contributed by atoms with Crippen LogP contribution in [-0.4, -0.2) is 33.0 Å². The maximum Gasteiger partial charge on any atom is 0.328 e. The fraction of sp³-hybridized carbons (Fsp3) is 0.118. The molecule has 3 aromatic rings. The second kappa shape index (κ2) is 6.31. The van der Waals surface area contributed by atoms with Gasteiger partial charge in [-0.2, -0.15) is 5.10 Å². The summed E-state index contributed by atoms with van der Waals surface area (Å²) in [6.45, 7) is 0.540. The molecule has 0 aliphatic carbocycles. The number of carbonyl (C=O) groups is 1. The zero-order valence-corrected chi connectivity index (χ0v) is 12.5. The molecule has 3 rings (SSSR count). The molecule has 0 fully saturated rings. The molecule has 2 aromatic heterocycles. The Bertz CT molecular complexity index is 866. The minimum absolute atomic E-state index is 0.540. The van der Waals surface area contributed by atoms with Gasteiger partial charge in [0.1, 0.15) is 5.75 Å². The first kappa shape index (κ1) is 14.8. The van der Waals surface area contributed by atoms with E-state index in [1.165, 1.54) is 6.08 Å². The topological polar surface area (TPSA) is 77.2 Å². The summed E-state index contributed by atoms with van der Waals surface area (Å²) in [6.07, 6.45) is 4.25. The predicted molar refractivity (Wildman–Crippen MR) is 86.3 cm³/mol. The summed E-state index contributed by atoms with van der Waals surface area (Å²) in [7, 11) is 1.63. The van der Waals surface area contributed by atoms with E-state index in [1.54, 1.807) is 24.1 Å². The van der Waals surface area contributed by atoms with Crippen LogP contribution in [0.3, 0.4) is 0 Å². The molecule has 6 nitrogen and oxygen atoms in total.